The van der Waals surface area contributed by atoms with Crippen LogP contribution in [0.5, 0.6) is 11.5 Å². The number of methoxy groups -OCH3 is 1. The van der Waals surface area contributed by atoms with E-state index in [1.54, 1.807) is 19.4 Å². The summed E-state index contributed by atoms with van der Waals surface area (Å²) in [6.07, 6.45) is 2.28. The molecule has 1 N–H and O–H groups in total. The van der Waals surface area contributed by atoms with Gasteiger partial charge in [0.1, 0.15) is 5.82 Å². The van der Waals surface area contributed by atoms with Crippen molar-refractivity contribution in [1.82, 2.24) is 9.88 Å². The summed E-state index contributed by atoms with van der Waals surface area (Å²) < 4.78 is 81.5. The highest BCUT2D eigenvalue weighted by atomic mass is 32.2. The van der Waals surface area contributed by atoms with E-state index in [1.165, 1.54) is 37.1 Å². The largest absolute Gasteiger partial charge is 0.493 e. The normalized spacial score (nSPS) is 15.9. The van der Waals surface area contributed by atoms with E-state index in [-0.39, 0.29) is 12.1 Å². The highest BCUT2D eigenvalue weighted by Gasteiger charge is 2.23. The van der Waals surface area contributed by atoms with E-state index in [1.807, 2.05) is 12.1 Å². The third-order valence-electron chi connectivity index (χ3n) is 7.86. The summed E-state index contributed by atoms with van der Waals surface area (Å²) in [5.74, 6) is 1.22. The Hall–Kier alpha value is -3.83. The van der Waals surface area contributed by atoms with Crippen molar-refractivity contribution in [3.8, 4) is 11.5 Å². The molecule has 44 heavy (non-hydrogen) atoms. The number of hydrogen-bond acceptors (Lipinski definition) is 6. The number of alkyl halides is 2. The zero-order valence-corrected chi connectivity index (χ0v) is 25.5. The quantitative estimate of drug-likeness (QED) is 0.167. The van der Waals surface area contributed by atoms with Gasteiger partial charge in [0.2, 0.25) is 0 Å². The Kier molecular flexibility index (Phi) is 9.95. The summed E-state index contributed by atoms with van der Waals surface area (Å²) in [4.78, 5) is 6.41. The summed E-state index contributed by atoms with van der Waals surface area (Å²) in [5, 5.41) is 0.770. The van der Waals surface area contributed by atoms with E-state index >= 15 is 4.39 Å². The number of hydrogen-bond donors (Lipinski definition) is 1. The molecule has 0 bridgehead atoms. The van der Waals surface area contributed by atoms with Crippen LogP contribution < -0.4 is 14.2 Å². The first-order chi connectivity index (χ1) is 21.1. The molecule has 1 saturated heterocycles. The predicted molar refractivity (Wildman–Crippen MR) is 165 cm³/mol. The van der Waals surface area contributed by atoms with Gasteiger partial charge in [-0.05, 0) is 73.2 Å². The molecule has 2 heterocycles. The van der Waals surface area contributed by atoms with E-state index in [0.717, 1.165) is 61.1 Å². The second kappa shape index (κ2) is 13.9. The van der Waals surface area contributed by atoms with E-state index in [9.17, 15) is 17.2 Å². The molecule has 0 spiro atoms. The second-order valence-electron chi connectivity index (χ2n) is 11.2. The van der Waals surface area contributed by atoms with Crippen LogP contribution in [0.1, 0.15) is 49.3 Å². The number of rotatable bonds is 12. The molecule has 3 aromatic carbocycles. The van der Waals surface area contributed by atoms with Crippen molar-refractivity contribution in [3.63, 3.8) is 0 Å². The number of pyridine rings is 1. The maximum atomic E-state index is 15.2. The molecule has 7 nitrogen and oxygen atoms in total. The minimum atomic E-state index is -4.37. The van der Waals surface area contributed by atoms with Crippen molar-refractivity contribution in [2.45, 2.75) is 43.9 Å². The molecule has 0 amide bonds. The van der Waals surface area contributed by atoms with Gasteiger partial charge >= 0.3 is 0 Å². The van der Waals surface area contributed by atoms with Crippen molar-refractivity contribution in [1.29, 1.82) is 0 Å². The molecule has 0 radical (unpaired) electrons. The maximum Gasteiger partial charge on any atom is 0.265 e. The van der Waals surface area contributed by atoms with Crippen LogP contribution in [0.2, 0.25) is 0 Å². The van der Waals surface area contributed by atoms with Crippen LogP contribution in [0, 0.1) is 11.7 Å². The Labute approximate surface area is 256 Å². The van der Waals surface area contributed by atoms with Gasteiger partial charge in [-0.2, -0.15) is 0 Å². The molecule has 1 fully saturated rings. The Morgan fingerprint density at radius 2 is 1.89 bits per heavy atom. The van der Waals surface area contributed by atoms with Crippen molar-refractivity contribution < 1.29 is 31.1 Å². The van der Waals surface area contributed by atoms with E-state index in [0.29, 0.717) is 29.2 Å². The molecule has 0 aliphatic carbocycles. The average molecular weight is 628 g/mol. The van der Waals surface area contributed by atoms with E-state index in [4.69, 9.17) is 9.47 Å². The molecule has 234 valence electrons. The van der Waals surface area contributed by atoms with Crippen LogP contribution in [0.4, 0.5) is 18.9 Å². The summed E-state index contributed by atoms with van der Waals surface area (Å²) in [5.41, 5.74) is 1.08. The first-order valence-electron chi connectivity index (χ1n) is 14.6. The lowest BCUT2D eigenvalue weighted by molar-refractivity contribution is 0.148. The first-order valence-corrected chi connectivity index (χ1v) is 16.1. The fourth-order valence-corrected chi connectivity index (χ4v) is 6.94. The van der Waals surface area contributed by atoms with Gasteiger partial charge in [0.25, 0.3) is 16.4 Å². The maximum absolute atomic E-state index is 15.2. The van der Waals surface area contributed by atoms with Gasteiger partial charge in [-0.1, -0.05) is 31.2 Å². The van der Waals surface area contributed by atoms with Crippen molar-refractivity contribution in [2.75, 3.05) is 38.1 Å². The number of likely N-dealkylation sites (tertiary alicyclic amines) is 1. The number of aromatic nitrogens is 1. The van der Waals surface area contributed by atoms with Gasteiger partial charge in [0, 0.05) is 42.7 Å². The van der Waals surface area contributed by atoms with Gasteiger partial charge in [-0.25, -0.2) is 21.6 Å². The Bertz CT molecular complexity index is 1720. The number of sulfonamides is 1. The van der Waals surface area contributed by atoms with Crippen LogP contribution in [0.3, 0.4) is 0 Å². The van der Waals surface area contributed by atoms with Crippen LogP contribution >= 0.6 is 0 Å². The lowest BCUT2D eigenvalue weighted by Crippen LogP contribution is -2.35. The monoisotopic (exact) mass is 627 g/mol. The van der Waals surface area contributed by atoms with Crippen molar-refractivity contribution in [2.24, 2.45) is 5.92 Å². The molecule has 4 aromatic rings. The third kappa shape index (κ3) is 7.44. The SMILES string of the molecule is COc1cc2c(Cc3ccc(NS(=O)(=O)c4ccccc4C(F)F)cc3F)ccnc2cc1OCCCN1CCCC(C)C1. The number of nitrogens with zero attached hydrogens (tertiary/aromatic N) is 2. The molecule has 1 unspecified atom stereocenters. The second-order valence-corrected chi connectivity index (χ2v) is 12.8. The van der Waals surface area contributed by atoms with Crippen LogP contribution in [0.15, 0.2) is 71.8 Å². The van der Waals surface area contributed by atoms with Gasteiger partial charge in [-0.3, -0.25) is 9.71 Å². The third-order valence-corrected chi connectivity index (χ3v) is 9.32. The number of fused-ring (bicyclic) bond motifs is 1. The first kappa shape index (κ1) is 31.6. The lowest BCUT2D eigenvalue weighted by atomic mass is 10.00. The minimum Gasteiger partial charge on any atom is -0.493 e. The number of halogens is 3. The molecular formula is C33H36F3N3O4S. The van der Waals surface area contributed by atoms with E-state index in [2.05, 4.69) is 21.5 Å². The van der Waals surface area contributed by atoms with Gasteiger partial charge in [0.05, 0.1) is 29.8 Å². The Balaban J connectivity index is 1.29. The molecule has 1 aliphatic heterocycles. The standard InChI is InChI=1S/C33H36F3N3O4S/c1-22-7-5-14-39(21-22)15-6-16-43-31-20-29-27(19-30(31)42-2)23(12-13-37-29)17-24-10-11-25(18-28(24)34)38-44(40,41)32-9-4-3-8-26(32)33(35)36/h3-4,8-13,18-20,22,33,38H,5-7,14-17,21H2,1-2H3. The number of nitrogens with one attached hydrogen (secondary N) is 1. The fraction of sp³-hybridized carbons (Fsp3) is 0.364. The summed E-state index contributed by atoms with van der Waals surface area (Å²) in [7, 11) is -2.80. The predicted octanol–water partition coefficient (Wildman–Crippen LogP) is 7.21. The summed E-state index contributed by atoms with van der Waals surface area (Å²) in [6.45, 7) is 6.07. The highest BCUT2D eigenvalue weighted by Crippen LogP contribution is 2.34. The fourth-order valence-electron chi connectivity index (χ4n) is 5.67. The number of ether oxygens (including phenoxy) is 2. The zero-order chi connectivity index (χ0) is 31.3. The number of anilines is 1. The van der Waals surface area contributed by atoms with Gasteiger partial charge in [0.15, 0.2) is 11.5 Å². The smallest absolute Gasteiger partial charge is 0.265 e. The Morgan fingerprint density at radius 1 is 1.07 bits per heavy atom. The molecular weight excluding hydrogens is 591 g/mol. The molecule has 1 aliphatic rings. The zero-order valence-electron chi connectivity index (χ0n) is 24.7. The van der Waals surface area contributed by atoms with Crippen molar-refractivity contribution in [3.05, 3.63) is 89.4 Å². The average Bonchev–Trinajstić information content (AvgIpc) is 3.00. The van der Waals surface area contributed by atoms with E-state index < -0.39 is 32.7 Å². The van der Waals surface area contributed by atoms with Gasteiger partial charge in [-0.15, -0.1) is 0 Å². The van der Waals surface area contributed by atoms with Gasteiger partial charge < -0.3 is 14.4 Å². The topological polar surface area (TPSA) is 80.8 Å². The van der Waals surface area contributed by atoms with Crippen LogP contribution in [-0.4, -0.2) is 51.7 Å². The number of piperidine rings is 1. The molecule has 0 saturated carbocycles. The van der Waals surface area contributed by atoms with Crippen molar-refractivity contribution >= 4 is 26.6 Å². The summed E-state index contributed by atoms with van der Waals surface area (Å²) in [6, 6.07) is 14.2. The van der Waals surface area contributed by atoms with Crippen LogP contribution in [-0.2, 0) is 16.4 Å². The minimum absolute atomic E-state index is 0.0758. The Morgan fingerprint density at radius 3 is 2.64 bits per heavy atom. The number of benzene rings is 3. The molecule has 1 aromatic heterocycles. The summed E-state index contributed by atoms with van der Waals surface area (Å²) >= 11 is 0. The molecule has 1 atom stereocenters. The molecule has 5 rings (SSSR count). The van der Waals surface area contributed by atoms with Crippen LogP contribution in [0.25, 0.3) is 10.9 Å². The lowest BCUT2D eigenvalue weighted by Gasteiger charge is -2.30. The highest BCUT2D eigenvalue weighted by molar-refractivity contribution is 7.92. The molecule has 11 heteroatoms.